The van der Waals surface area contributed by atoms with Crippen molar-refractivity contribution < 1.29 is 14.0 Å². The molecule has 0 atom stereocenters. The van der Waals surface area contributed by atoms with Crippen molar-refractivity contribution in [2.24, 2.45) is 0 Å². The van der Waals surface area contributed by atoms with Gasteiger partial charge in [-0.3, -0.25) is 10.1 Å². The minimum atomic E-state index is -0.902. The third-order valence-electron chi connectivity index (χ3n) is 2.84. The van der Waals surface area contributed by atoms with E-state index >= 15 is 0 Å². The first-order valence-corrected chi connectivity index (χ1v) is 7.75. The van der Waals surface area contributed by atoms with Gasteiger partial charge in [-0.1, -0.05) is 29.3 Å². The Labute approximate surface area is 144 Å². The highest BCUT2D eigenvalue weighted by molar-refractivity contribution is 9.10. The first kappa shape index (κ1) is 17.0. The molecule has 0 saturated carbocycles. The van der Waals surface area contributed by atoms with Crippen LogP contribution in [0.15, 0.2) is 39.5 Å². The molecule has 1 aliphatic rings. The van der Waals surface area contributed by atoms with Gasteiger partial charge in [0.1, 0.15) is 5.82 Å². The maximum Gasteiger partial charge on any atom is 0.326 e. The zero-order valence-electron chi connectivity index (χ0n) is 11.1. The summed E-state index contributed by atoms with van der Waals surface area (Å²) < 4.78 is 14.0. The molecule has 4 nitrogen and oxygen atoms in total. The van der Waals surface area contributed by atoms with Crippen molar-refractivity contribution in [2.45, 2.75) is 12.8 Å². The molecule has 0 fully saturated rings. The zero-order chi connectivity index (χ0) is 16.3. The molecule has 3 amide bonds. The van der Waals surface area contributed by atoms with E-state index in [1.165, 1.54) is 0 Å². The van der Waals surface area contributed by atoms with Crippen LogP contribution in [0.25, 0.3) is 0 Å². The van der Waals surface area contributed by atoms with Crippen LogP contribution >= 0.6 is 39.1 Å². The molecule has 0 radical (unpaired) electrons. The Morgan fingerprint density at radius 2 is 2.00 bits per heavy atom. The fourth-order valence-electron chi connectivity index (χ4n) is 1.77. The van der Waals surface area contributed by atoms with Gasteiger partial charge in [-0.2, -0.15) is 0 Å². The Morgan fingerprint density at radius 1 is 1.27 bits per heavy atom. The molecule has 22 heavy (non-hydrogen) atoms. The molecule has 0 unspecified atom stereocenters. The summed E-state index contributed by atoms with van der Waals surface area (Å²) in [4.78, 5) is 23.7. The van der Waals surface area contributed by atoms with Crippen LogP contribution in [0.3, 0.4) is 0 Å². The predicted molar refractivity (Wildman–Crippen MR) is 86.4 cm³/mol. The number of amides is 3. The molecule has 116 valence electrons. The van der Waals surface area contributed by atoms with Crippen LogP contribution in [0.1, 0.15) is 23.2 Å². The number of nitrogens with one attached hydrogen (secondary N) is 2. The van der Waals surface area contributed by atoms with Crippen molar-refractivity contribution in [1.29, 1.82) is 0 Å². The third kappa shape index (κ3) is 4.09. The van der Waals surface area contributed by atoms with E-state index in [4.69, 9.17) is 23.2 Å². The zero-order valence-corrected chi connectivity index (χ0v) is 14.1. The number of benzene rings is 1. The highest BCUT2D eigenvalue weighted by Gasteiger charge is 2.18. The molecule has 0 spiro atoms. The van der Waals surface area contributed by atoms with Crippen LogP contribution in [0.2, 0.25) is 5.02 Å². The van der Waals surface area contributed by atoms with Gasteiger partial charge < -0.3 is 5.32 Å². The van der Waals surface area contributed by atoms with Crippen LogP contribution in [0, 0.1) is 5.82 Å². The summed E-state index contributed by atoms with van der Waals surface area (Å²) in [5.41, 5.74) is 0.0788. The van der Waals surface area contributed by atoms with Gasteiger partial charge in [-0.25, -0.2) is 9.18 Å². The standard InChI is InChI=1S/C14H10BrCl2FN2O2/c15-8-6-11(18)7(5-10(8)17)13(21)20-14(22)19-12-4-2-1-3-9(12)16/h2,4-6H,1,3H2,(H2,19,20,21,22). The van der Waals surface area contributed by atoms with Gasteiger partial charge in [0, 0.05) is 9.51 Å². The van der Waals surface area contributed by atoms with Gasteiger partial charge in [0.2, 0.25) is 0 Å². The van der Waals surface area contributed by atoms with Crippen LogP contribution in [-0.4, -0.2) is 11.9 Å². The van der Waals surface area contributed by atoms with Crippen LogP contribution in [0.4, 0.5) is 9.18 Å². The molecule has 2 rings (SSSR count). The molecule has 0 saturated heterocycles. The van der Waals surface area contributed by atoms with Gasteiger partial charge in [-0.05, 0) is 47.0 Å². The number of imide groups is 1. The number of hydrogen-bond acceptors (Lipinski definition) is 2. The van der Waals surface area contributed by atoms with Crippen molar-refractivity contribution in [3.63, 3.8) is 0 Å². The van der Waals surface area contributed by atoms with E-state index in [0.717, 1.165) is 18.6 Å². The summed E-state index contributed by atoms with van der Waals surface area (Å²) >= 11 is 14.8. The second-order valence-corrected chi connectivity index (χ2v) is 6.13. The number of carbonyl (C=O) groups excluding carboxylic acids is 2. The summed E-state index contributed by atoms with van der Waals surface area (Å²) in [6.07, 6.45) is 4.89. The first-order valence-electron chi connectivity index (χ1n) is 6.20. The maximum atomic E-state index is 13.7. The van der Waals surface area contributed by atoms with Gasteiger partial charge in [0.05, 0.1) is 16.3 Å². The summed E-state index contributed by atoms with van der Waals surface area (Å²) in [6.45, 7) is 0. The van der Waals surface area contributed by atoms with Gasteiger partial charge >= 0.3 is 6.03 Å². The van der Waals surface area contributed by atoms with E-state index in [-0.39, 0.29) is 10.6 Å². The molecular formula is C14H10BrCl2FN2O2. The molecule has 0 aromatic heterocycles. The second kappa shape index (κ2) is 7.26. The SMILES string of the molecule is O=C(NC(=O)c1cc(Cl)c(Br)cc1F)NC1=C(Cl)CCC=C1. The molecule has 0 heterocycles. The summed E-state index contributed by atoms with van der Waals surface area (Å²) in [7, 11) is 0. The molecule has 1 aromatic rings. The number of urea groups is 1. The summed E-state index contributed by atoms with van der Waals surface area (Å²) in [5, 5.41) is 5.11. The fourth-order valence-corrected chi connectivity index (χ4v) is 2.46. The predicted octanol–water partition coefficient (Wildman–Crippen LogP) is 4.48. The average molecular weight is 408 g/mol. The smallest absolute Gasteiger partial charge is 0.307 e. The van der Waals surface area contributed by atoms with Gasteiger partial charge in [0.15, 0.2) is 0 Å². The Hall–Kier alpha value is -1.37. The Balaban J connectivity index is 2.07. The number of carbonyl (C=O) groups is 2. The number of hydrogen-bond donors (Lipinski definition) is 2. The van der Waals surface area contributed by atoms with E-state index in [1.54, 1.807) is 6.08 Å². The van der Waals surface area contributed by atoms with E-state index in [1.807, 2.05) is 11.4 Å². The van der Waals surface area contributed by atoms with Crippen molar-refractivity contribution in [3.8, 4) is 0 Å². The third-order valence-corrected chi connectivity index (χ3v) is 4.43. The largest absolute Gasteiger partial charge is 0.326 e. The van der Waals surface area contributed by atoms with Crippen LogP contribution in [0.5, 0.6) is 0 Å². The molecule has 2 N–H and O–H groups in total. The lowest BCUT2D eigenvalue weighted by atomic mass is 10.1. The highest BCUT2D eigenvalue weighted by Crippen LogP contribution is 2.25. The van der Waals surface area contributed by atoms with Crippen molar-refractivity contribution >= 4 is 51.1 Å². The highest BCUT2D eigenvalue weighted by atomic mass is 79.9. The fraction of sp³-hybridized carbons (Fsp3) is 0.143. The summed E-state index contributed by atoms with van der Waals surface area (Å²) in [6, 6.07) is 1.39. The molecule has 1 aliphatic carbocycles. The maximum absolute atomic E-state index is 13.7. The second-order valence-electron chi connectivity index (χ2n) is 4.41. The average Bonchev–Trinajstić information content (AvgIpc) is 2.45. The minimum Gasteiger partial charge on any atom is -0.307 e. The molecule has 0 bridgehead atoms. The van der Waals surface area contributed by atoms with Crippen molar-refractivity contribution in [1.82, 2.24) is 10.6 Å². The lowest BCUT2D eigenvalue weighted by Gasteiger charge is -2.13. The van der Waals surface area contributed by atoms with Crippen LogP contribution in [-0.2, 0) is 0 Å². The number of allylic oxidation sites excluding steroid dienone is 3. The molecule has 1 aromatic carbocycles. The first-order chi connectivity index (χ1) is 10.4. The molecule has 0 aliphatic heterocycles. The Bertz CT molecular complexity index is 704. The topological polar surface area (TPSA) is 58.2 Å². The monoisotopic (exact) mass is 406 g/mol. The number of rotatable bonds is 2. The van der Waals surface area contributed by atoms with Gasteiger partial charge in [0.25, 0.3) is 5.91 Å². The minimum absolute atomic E-state index is 0.160. The molecular weight excluding hydrogens is 398 g/mol. The normalized spacial score (nSPS) is 14.0. The van der Waals surface area contributed by atoms with E-state index < -0.39 is 17.8 Å². The van der Waals surface area contributed by atoms with Crippen LogP contribution < -0.4 is 10.6 Å². The van der Waals surface area contributed by atoms with Crippen molar-refractivity contribution in [3.05, 3.63) is 55.9 Å². The Morgan fingerprint density at radius 3 is 2.68 bits per heavy atom. The lowest BCUT2D eigenvalue weighted by Crippen LogP contribution is -2.39. The summed E-state index contributed by atoms with van der Waals surface area (Å²) in [5.74, 6) is -1.70. The van der Waals surface area contributed by atoms with E-state index in [9.17, 15) is 14.0 Å². The van der Waals surface area contributed by atoms with Gasteiger partial charge in [-0.15, -0.1) is 0 Å². The van der Waals surface area contributed by atoms with Crippen molar-refractivity contribution in [2.75, 3.05) is 0 Å². The lowest BCUT2D eigenvalue weighted by molar-refractivity contribution is 0.0960. The molecule has 8 heteroatoms. The van der Waals surface area contributed by atoms with E-state index in [2.05, 4.69) is 21.2 Å². The number of halogens is 4. The van der Waals surface area contributed by atoms with E-state index in [0.29, 0.717) is 21.6 Å². The Kier molecular flexibility index (Phi) is 5.61. The quantitative estimate of drug-likeness (QED) is 0.710.